The smallest absolute Gasteiger partial charge is 0.416 e. The number of nitrogens with zero attached hydrogens (tertiary/aromatic N) is 2. The molecule has 1 heterocycles. The van der Waals surface area contributed by atoms with Gasteiger partial charge in [-0.25, -0.2) is 4.98 Å². The van der Waals surface area contributed by atoms with Crippen LogP contribution in [0.3, 0.4) is 0 Å². The lowest BCUT2D eigenvalue weighted by Crippen LogP contribution is -2.38. The average Bonchev–Trinajstić information content (AvgIpc) is 3.10. The van der Waals surface area contributed by atoms with Crippen LogP contribution in [-0.4, -0.2) is 31.1 Å². The number of oxazole rings is 1. The number of alkyl halides is 3. The average molecular weight is 526 g/mol. The minimum Gasteiger partial charge on any atom is -0.492 e. The molecule has 29 heavy (non-hydrogen) atoms. The van der Waals surface area contributed by atoms with E-state index >= 15 is 0 Å². The molecule has 0 aliphatic carbocycles. The molecule has 0 unspecified atom stereocenters. The summed E-state index contributed by atoms with van der Waals surface area (Å²) in [6.07, 6.45) is -2.64. The van der Waals surface area contributed by atoms with E-state index in [9.17, 15) is 13.2 Å². The highest BCUT2D eigenvalue weighted by Gasteiger charge is 2.30. The summed E-state index contributed by atoms with van der Waals surface area (Å²) in [6.45, 7) is 7.18. The largest absolute Gasteiger partial charge is 0.492 e. The molecule has 0 aliphatic rings. The summed E-state index contributed by atoms with van der Waals surface area (Å²) >= 11 is 0. The summed E-state index contributed by atoms with van der Waals surface area (Å²) in [6, 6.07) is 4.58. The minimum atomic E-state index is -4.35. The second-order valence-corrected chi connectivity index (χ2v) is 7.09. The normalized spacial score (nSPS) is 12.3. The number of guanidine groups is 1. The van der Waals surface area contributed by atoms with Crippen molar-refractivity contribution in [3.8, 4) is 5.75 Å². The highest BCUT2D eigenvalue weighted by Crippen LogP contribution is 2.30. The van der Waals surface area contributed by atoms with Gasteiger partial charge in [-0.2, -0.15) is 13.2 Å². The van der Waals surface area contributed by atoms with E-state index in [0.717, 1.165) is 17.9 Å². The molecule has 1 aromatic carbocycles. The van der Waals surface area contributed by atoms with Crippen molar-refractivity contribution in [1.29, 1.82) is 0 Å². The molecule has 1 aromatic heterocycles. The van der Waals surface area contributed by atoms with Crippen molar-refractivity contribution in [3.05, 3.63) is 47.7 Å². The molecule has 2 aromatic rings. The zero-order chi connectivity index (χ0) is 20.8. The number of halogens is 4. The van der Waals surface area contributed by atoms with Gasteiger partial charge in [0.25, 0.3) is 0 Å². The van der Waals surface area contributed by atoms with Gasteiger partial charge in [0.2, 0.25) is 5.89 Å². The van der Waals surface area contributed by atoms with E-state index in [1.54, 1.807) is 13.2 Å². The van der Waals surface area contributed by atoms with E-state index in [4.69, 9.17) is 9.15 Å². The zero-order valence-corrected chi connectivity index (χ0v) is 19.1. The lowest BCUT2D eigenvalue weighted by Gasteiger charge is -2.14. The van der Waals surface area contributed by atoms with Gasteiger partial charge in [0.05, 0.1) is 24.8 Å². The molecule has 0 bridgehead atoms. The van der Waals surface area contributed by atoms with Crippen molar-refractivity contribution in [2.45, 2.75) is 38.9 Å². The Morgan fingerprint density at radius 2 is 1.79 bits per heavy atom. The molecule has 0 aliphatic heterocycles. The van der Waals surface area contributed by atoms with Gasteiger partial charge in [0.1, 0.15) is 18.1 Å². The van der Waals surface area contributed by atoms with E-state index in [2.05, 4.69) is 20.6 Å². The van der Waals surface area contributed by atoms with Gasteiger partial charge in [-0.15, -0.1) is 24.0 Å². The molecule has 2 N–H and O–H groups in total. The van der Waals surface area contributed by atoms with Crippen molar-refractivity contribution in [2.75, 3.05) is 20.2 Å². The first kappa shape index (κ1) is 25.1. The van der Waals surface area contributed by atoms with Gasteiger partial charge in [0, 0.05) is 12.5 Å². The zero-order valence-electron chi connectivity index (χ0n) is 16.8. The van der Waals surface area contributed by atoms with Gasteiger partial charge < -0.3 is 19.8 Å². The summed E-state index contributed by atoms with van der Waals surface area (Å²) in [4.78, 5) is 8.32. The van der Waals surface area contributed by atoms with Gasteiger partial charge in [-0.3, -0.25) is 4.99 Å². The van der Waals surface area contributed by atoms with Crippen LogP contribution in [-0.2, 0) is 18.1 Å². The maximum absolute atomic E-state index is 12.5. The van der Waals surface area contributed by atoms with E-state index < -0.39 is 11.7 Å². The van der Waals surface area contributed by atoms with Crippen molar-refractivity contribution in [1.82, 2.24) is 15.6 Å². The van der Waals surface area contributed by atoms with Gasteiger partial charge >= 0.3 is 6.18 Å². The number of hydrogen-bond donors (Lipinski definition) is 2. The van der Waals surface area contributed by atoms with Crippen molar-refractivity contribution >= 4 is 29.9 Å². The molecule has 0 radical (unpaired) electrons. The standard InChI is InChI=1S/C19H25F3N4O2.HI/c1-18(2,3)15-11-25-16(28-15)12-26-17(23-4)24-9-10-27-14-7-5-13(6-8-14)19(20,21)22;/h5-8,11H,9-10,12H2,1-4H3,(H2,23,24,26);1H. The van der Waals surface area contributed by atoms with Crippen LogP contribution in [0.2, 0.25) is 0 Å². The maximum Gasteiger partial charge on any atom is 0.416 e. The van der Waals surface area contributed by atoms with Crippen LogP contribution < -0.4 is 15.4 Å². The minimum absolute atomic E-state index is 0. The predicted octanol–water partition coefficient (Wildman–Crippen LogP) is 4.35. The Balaban J connectivity index is 0.00000420. The molecule has 0 spiro atoms. The number of rotatable bonds is 6. The van der Waals surface area contributed by atoms with E-state index in [-0.39, 0.29) is 36.0 Å². The summed E-state index contributed by atoms with van der Waals surface area (Å²) in [7, 11) is 1.63. The maximum atomic E-state index is 12.5. The van der Waals surface area contributed by atoms with Crippen LogP contribution in [0.25, 0.3) is 0 Å². The van der Waals surface area contributed by atoms with E-state index in [1.165, 1.54) is 12.1 Å². The first-order chi connectivity index (χ1) is 13.1. The van der Waals surface area contributed by atoms with Crippen molar-refractivity contribution < 1.29 is 22.3 Å². The number of nitrogens with one attached hydrogen (secondary N) is 2. The Kier molecular flexibility index (Phi) is 9.24. The second-order valence-electron chi connectivity index (χ2n) is 7.09. The Bertz CT molecular complexity index is 784. The number of aliphatic imine (C=N–C) groups is 1. The lowest BCUT2D eigenvalue weighted by molar-refractivity contribution is -0.137. The monoisotopic (exact) mass is 526 g/mol. The molecular formula is C19H26F3IN4O2. The van der Waals surface area contributed by atoms with Gasteiger partial charge in [-0.1, -0.05) is 20.8 Å². The highest BCUT2D eigenvalue weighted by molar-refractivity contribution is 14.0. The third kappa shape index (κ3) is 8.11. The van der Waals surface area contributed by atoms with Crippen LogP contribution in [0.1, 0.15) is 38.0 Å². The van der Waals surface area contributed by atoms with Gasteiger partial charge in [0.15, 0.2) is 5.96 Å². The molecule has 0 saturated carbocycles. The van der Waals surface area contributed by atoms with Crippen molar-refractivity contribution in [2.24, 2.45) is 4.99 Å². The third-order valence-electron chi connectivity index (χ3n) is 3.77. The molecule has 2 rings (SSSR count). The number of hydrogen-bond acceptors (Lipinski definition) is 4. The topological polar surface area (TPSA) is 71.7 Å². The molecule has 6 nitrogen and oxygen atoms in total. The van der Waals surface area contributed by atoms with Crippen LogP contribution in [0, 0.1) is 0 Å². The summed E-state index contributed by atoms with van der Waals surface area (Å²) < 4.78 is 48.7. The highest BCUT2D eigenvalue weighted by atomic mass is 127. The third-order valence-corrected chi connectivity index (χ3v) is 3.77. The van der Waals surface area contributed by atoms with E-state index in [1.807, 2.05) is 20.8 Å². The van der Waals surface area contributed by atoms with E-state index in [0.29, 0.717) is 30.7 Å². The fourth-order valence-electron chi connectivity index (χ4n) is 2.20. The first-order valence-electron chi connectivity index (χ1n) is 8.79. The van der Waals surface area contributed by atoms with Crippen LogP contribution in [0.4, 0.5) is 13.2 Å². The fourth-order valence-corrected chi connectivity index (χ4v) is 2.20. The molecular weight excluding hydrogens is 500 g/mol. The second kappa shape index (κ2) is 10.7. The quantitative estimate of drug-likeness (QED) is 0.254. The van der Waals surface area contributed by atoms with Crippen LogP contribution in [0.5, 0.6) is 5.75 Å². The molecule has 0 atom stereocenters. The van der Waals surface area contributed by atoms with Crippen LogP contribution in [0.15, 0.2) is 39.9 Å². The van der Waals surface area contributed by atoms with Crippen molar-refractivity contribution in [3.63, 3.8) is 0 Å². The summed E-state index contributed by atoms with van der Waals surface area (Å²) in [5.74, 6) is 2.25. The van der Waals surface area contributed by atoms with Gasteiger partial charge in [-0.05, 0) is 24.3 Å². The molecule has 162 valence electrons. The molecule has 0 fully saturated rings. The summed E-state index contributed by atoms with van der Waals surface area (Å²) in [5.41, 5.74) is -0.815. The molecule has 0 saturated heterocycles. The van der Waals surface area contributed by atoms with Crippen LogP contribution >= 0.6 is 24.0 Å². The Morgan fingerprint density at radius 3 is 2.31 bits per heavy atom. The first-order valence-corrected chi connectivity index (χ1v) is 8.79. The fraction of sp³-hybridized carbons (Fsp3) is 0.474. The predicted molar refractivity (Wildman–Crippen MR) is 116 cm³/mol. The Morgan fingerprint density at radius 1 is 1.14 bits per heavy atom. The Labute approximate surface area is 185 Å². The molecule has 10 heteroatoms. The molecule has 0 amide bonds. The number of ether oxygens (including phenoxy) is 1. The summed E-state index contributed by atoms with van der Waals surface area (Å²) in [5, 5.41) is 6.12. The SMILES string of the molecule is CN=C(NCCOc1ccc(C(F)(F)F)cc1)NCc1ncc(C(C)(C)C)o1.I. The lowest BCUT2D eigenvalue weighted by atomic mass is 9.94. The number of aromatic nitrogens is 1. The number of benzene rings is 1. The Hall–Kier alpha value is -1.98.